The van der Waals surface area contributed by atoms with Gasteiger partial charge in [-0.2, -0.15) is 0 Å². The van der Waals surface area contributed by atoms with Crippen molar-refractivity contribution in [2.75, 3.05) is 17.3 Å². The van der Waals surface area contributed by atoms with Crippen LogP contribution in [0.15, 0.2) is 72.4 Å². The number of nitrogens with zero attached hydrogens (tertiary/aromatic N) is 1. The number of anilines is 2. The minimum Gasteiger partial charge on any atom is -0.497 e. The molecular formula is C25H21ClN2O3. The molecule has 0 bridgehead atoms. The molecule has 1 N–H and O–H groups in total. The number of para-hydroxylation sites is 1. The number of hydrogen-bond donors (Lipinski definition) is 1. The predicted molar refractivity (Wildman–Crippen MR) is 123 cm³/mol. The highest BCUT2D eigenvalue weighted by Gasteiger charge is 2.41. The van der Waals surface area contributed by atoms with Crippen molar-refractivity contribution in [2.45, 2.75) is 13.8 Å². The van der Waals surface area contributed by atoms with Gasteiger partial charge in [-0.25, -0.2) is 4.90 Å². The Labute approximate surface area is 185 Å². The SMILES string of the molecule is COc1ccc(C2=C(Nc3cc(C)ccc3C)C(=O)N(c3ccccc3Cl)C2=O)cc1. The van der Waals surface area contributed by atoms with Gasteiger partial charge in [0.1, 0.15) is 11.4 Å². The Bertz CT molecular complexity index is 1220. The van der Waals surface area contributed by atoms with Crippen molar-refractivity contribution in [3.63, 3.8) is 0 Å². The van der Waals surface area contributed by atoms with Crippen molar-refractivity contribution in [3.8, 4) is 5.75 Å². The third-order valence-corrected chi connectivity index (χ3v) is 5.53. The first-order valence-electron chi connectivity index (χ1n) is 9.77. The van der Waals surface area contributed by atoms with E-state index in [1.165, 1.54) is 0 Å². The van der Waals surface area contributed by atoms with Crippen LogP contribution in [0.1, 0.15) is 16.7 Å². The Kier molecular flexibility index (Phi) is 5.53. The lowest BCUT2D eigenvalue weighted by Gasteiger charge is -2.17. The number of carbonyl (C=O) groups is 2. The molecule has 0 saturated heterocycles. The van der Waals surface area contributed by atoms with Gasteiger partial charge in [-0.1, -0.05) is 48.0 Å². The molecule has 3 aromatic rings. The number of halogens is 1. The standard InChI is InChI=1S/C25H21ClN2O3/c1-15-8-9-16(2)20(14-15)27-23-22(17-10-12-18(31-3)13-11-17)24(29)28(25(23)30)21-7-5-4-6-19(21)26/h4-14,27H,1-3H3. The lowest BCUT2D eigenvalue weighted by molar-refractivity contribution is -0.120. The van der Waals surface area contributed by atoms with Gasteiger partial charge in [0.05, 0.1) is 23.4 Å². The molecule has 1 heterocycles. The van der Waals surface area contributed by atoms with E-state index < -0.39 is 11.8 Å². The second kappa shape index (κ2) is 8.28. The van der Waals surface area contributed by atoms with Crippen molar-refractivity contribution >= 4 is 40.4 Å². The number of aryl methyl sites for hydroxylation is 2. The molecule has 0 saturated carbocycles. The number of ether oxygens (including phenoxy) is 1. The molecule has 31 heavy (non-hydrogen) atoms. The molecule has 5 nitrogen and oxygen atoms in total. The molecular weight excluding hydrogens is 412 g/mol. The summed E-state index contributed by atoms with van der Waals surface area (Å²) >= 11 is 6.32. The Balaban J connectivity index is 1.86. The molecule has 1 aliphatic rings. The molecule has 6 heteroatoms. The van der Waals surface area contributed by atoms with Crippen molar-refractivity contribution in [1.29, 1.82) is 0 Å². The molecule has 0 aromatic heterocycles. The highest BCUT2D eigenvalue weighted by atomic mass is 35.5. The second-order valence-corrected chi connectivity index (χ2v) is 7.73. The predicted octanol–water partition coefficient (Wildman–Crippen LogP) is 5.36. The summed E-state index contributed by atoms with van der Waals surface area (Å²) in [6.45, 7) is 3.92. The van der Waals surface area contributed by atoms with Crippen LogP contribution in [0, 0.1) is 13.8 Å². The first-order chi connectivity index (χ1) is 14.9. The Morgan fingerprint density at radius 3 is 2.29 bits per heavy atom. The summed E-state index contributed by atoms with van der Waals surface area (Å²) in [7, 11) is 1.57. The zero-order chi connectivity index (χ0) is 22.1. The number of hydrogen-bond acceptors (Lipinski definition) is 4. The minimum absolute atomic E-state index is 0.212. The zero-order valence-corrected chi connectivity index (χ0v) is 18.2. The fourth-order valence-electron chi connectivity index (χ4n) is 3.53. The van der Waals surface area contributed by atoms with E-state index in [1.54, 1.807) is 55.6 Å². The number of amides is 2. The molecule has 0 aliphatic carbocycles. The van der Waals surface area contributed by atoms with E-state index in [0.29, 0.717) is 22.0 Å². The number of nitrogens with one attached hydrogen (secondary N) is 1. The highest BCUT2D eigenvalue weighted by Crippen LogP contribution is 2.37. The number of methoxy groups -OCH3 is 1. The quantitative estimate of drug-likeness (QED) is 0.551. The maximum absolute atomic E-state index is 13.5. The molecule has 0 fully saturated rings. The van der Waals surface area contributed by atoms with E-state index in [9.17, 15) is 9.59 Å². The molecule has 4 rings (SSSR count). The van der Waals surface area contributed by atoms with Crippen molar-refractivity contribution in [3.05, 3.63) is 94.1 Å². The van der Waals surface area contributed by atoms with Gasteiger partial charge in [0.15, 0.2) is 0 Å². The van der Waals surface area contributed by atoms with Gasteiger partial charge in [0.25, 0.3) is 11.8 Å². The number of benzene rings is 3. The lowest BCUT2D eigenvalue weighted by Crippen LogP contribution is -2.32. The first kappa shape index (κ1) is 20.7. The van der Waals surface area contributed by atoms with Crippen LogP contribution in [0.25, 0.3) is 5.57 Å². The number of imide groups is 1. The molecule has 0 unspecified atom stereocenters. The topological polar surface area (TPSA) is 58.6 Å². The van der Waals surface area contributed by atoms with Crippen molar-refractivity contribution < 1.29 is 14.3 Å². The third-order valence-electron chi connectivity index (χ3n) is 5.21. The summed E-state index contributed by atoms with van der Waals surface area (Å²) in [4.78, 5) is 28.1. The van der Waals surface area contributed by atoms with Gasteiger partial charge in [0, 0.05) is 5.69 Å². The molecule has 0 spiro atoms. The molecule has 2 amide bonds. The van der Waals surface area contributed by atoms with Crippen LogP contribution in [-0.2, 0) is 9.59 Å². The fraction of sp³-hybridized carbons (Fsp3) is 0.120. The summed E-state index contributed by atoms with van der Waals surface area (Å²) < 4.78 is 5.23. The van der Waals surface area contributed by atoms with Crippen LogP contribution < -0.4 is 15.0 Å². The Morgan fingerprint density at radius 2 is 1.61 bits per heavy atom. The average Bonchev–Trinajstić information content (AvgIpc) is 3.01. The summed E-state index contributed by atoms with van der Waals surface area (Å²) in [5.41, 5.74) is 4.23. The van der Waals surface area contributed by atoms with E-state index in [-0.39, 0.29) is 11.3 Å². The lowest BCUT2D eigenvalue weighted by atomic mass is 10.0. The van der Waals surface area contributed by atoms with Crippen LogP contribution in [0.5, 0.6) is 5.75 Å². The van der Waals surface area contributed by atoms with Gasteiger partial charge in [-0.15, -0.1) is 0 Å². The summed E-state index contributed by atoms with van der Waals surface area (Å²) in [5, 5.41) is 3.55. The fourth-order valence-corrected chi connectivity index (χ4v) is 3.75. The van der Waals surface area contributed by atoms with Gasteiger partial charge in [-0.3, -0.25) is 9.59 Å². The Morgan fingerprint density at radius 1 is 0.903 bits per heavy atom. The monoisotopic (exact) mass is 432 g/mol. The number of carbonyl (C=O) groups excluding carboxylic acids is 2. The van der Waals surface area contributed by atoms with Gasteiger partial charge in [-0.05, 0) is 60.9 Å². The van der Waals surface area contributed by atoms with Crippen molar-refractivity contribution in [1.82, 2.24) is 0 Å². The van der Waals surface area contributed by atoms with Gasteiger partial charge >= 0.3 is 0 Å². The van der Waals surface area contributed by atoms with Crippen LogP contribution in [0.3, 0.4) is 0 Å². The van der Waals surface area contributed by atoms with Gasteiger partial charge in [0.2, 0.25) is 0 Å². The van der Waals surface area contributed by atoms with E-state index in [4.69, 9.17) is 16.3 Å². The third kappa shape index (κ3) is 3.80. The van der Waals surface area contributed by atoms with E-state index in [1.807, 2.05) is 32.0 Å². The smallest absolute Gasteiger partial charge is 0.282 e. The highest BCUT2D eigenvalue weighted by molar-refractivity contribution is 6.48. The largest absolute Gasteiger partial charge is 0.497 e. The average molecular weight is 433 g/mol. The maximum atomic E-state index is 13.5. The van der Waals surface area contributed by atoms with E-state index in [0.717, 1.165) is 21.7 Å². The first-order valence-corrected chi connectivity index (χ1v) is 10.1. The van der Waals surface area contributed by atoms with E-state index >= 15 is 0 Å². The number of rotatable bonds is 5. The molecule has 156 valence electrons. The molecule has 3 aromatic carbocycles. The summed E-state index contributed by atoms with van der Waals surface area (Å²) in [6.07, 6.45) is 0. The van der Waals surface area contributed by atoms with Crippen LogP contribution in [-0.4, -0.2) is 18.9 Å². The molecule has 0 atom stereocenters. The van der Waals surface area contributed by atoms with Gasteiger partial charge < -0.3 is 10.1 Å². The second-order valence-electron chi connectivity index (χ2n) is 7.32. The maximum Gasteiger partial charge on any atom is 0.282 e. The van der Waals surface area contributed by atoms with Crippen molar-refractivity contribution in [2.24, 2.45) is 0 Å². The molecule has 1 aliphatic heterocycles. The van der Waals surface area contributed by atoms with E-state index in [2.05, 4.69) is 5.32 Å². The molecule has 0 radical (unpaired) electrons. The summed E-state index contributed by atoms with van der Waals surface area (Å²) in [5.74, 6) is -0.228. The van der Waals surface area contributed by atoms with Crippen LogP contribution in [0.4, 0.5) is 11.4 Å². The van der Waals surface area contributed by atoms with Crippen LogP contribution >= 0.6 is 11.6 Å². The summed E-state index contributed by atoms with van der Waals surface area (Å²) in [6, 6.07) is 19.8. The minimum atomic E-state index is -0.454. The Hall–Kier alpha value is -3.57. The zero-order valence-electron chi connectivity index (χ0n) is 17.4. The van der Waals surface area contributed by atoms with Crippen LogP contribution in [0.2, 0.25) is 5.02 Å². The normalized spacial score (nSPS) is 13.7.